The maximum Gasteiger partial charge on any atom is 0.257 e. The van der Waals surface area contributed by atoms with Crippen molar-refractivity contribution in [2.45, 2.75) is 0 Å². The Labute approximate surface area is 166 Å². The molecule has 1 aromatic heterocycles. The summed E-state index contributed by atoms with van der Waals surface area (Å²) >= 11 is 0. The molecule has 9 nitrogen and oxygen atoms in total. The van der Waals surface area contributed by atoms with Crippen LogP contribution in [0.1, 0.15) is 10.4 Å². The van der Waals surface area contributed by atoms with Crippen molar-refractivity contribution in [3.8, 4) is 23.0 Å². The summed E-state index contributed by atoms with van der Waals surface area (Å²) in [7, 11) is 3.14. The minimum absolute atomic E-state index is 0.153. The van der Waals surface area contributed by atoms with Gasteiger partial charge in [0.15, 0.2) is 34.6 Å². The van der Waals surface area contributed by atoms with E-state index in [4.69, 9.17) is 18.9 Å². The number of nitrogens with one attached hydrogen (secondary N) is 2. The monoisotopic (exact) mass is 394 g/mol. The highest BCUT2D eigenvalue weighted by molar-refractivity contribution is 6.04. The number of nitrogens with zero attached hydrogens (tertiary/aromatic N) is 2. The second-order valence-corrected chi connectivity index (χ2v) is 6.02. The third kappa shape index (κ3) is 3.98. The van der Waals surface area contributed by atoms with Gasteiger partial charge in [-0.25, -0.2) is 0 Å². The number of methoxy groups -OCH3 is 2. The van der Waals surface area contributed by atoms with Gasteiger partial charge in [-0.15, -0.1) is 10.2 Å². The highest BCUT2D eigenvalue weighted by Gasteiger charge is 2.16. The van der Waals surface area contributed by atoms with E-state index in [1.54, 1.807) is 56.7 Å². The topological polar surface area (TPSA) is 104 Å². The summed E-state index contributed by atoms with van der Waals surface area (Å²) in [6.07, 6.45) is 0. The molecule has 0 bridgehead atoms. The van der Waals surface area contributed by atoms with Gasteiger partial charge in [-0.05, 0) is 42.5 Å². The Morgan fingerprint density at radius 3 is 2.41 bits per heavy atom. The average molecular weight is 394 g/mol. The van der Waals surface area contributed by atoms with Gasteiger partial charge in [-0.1, -0.05) is 0 Å². The van der Waals surface area contributed by atoms with Crippen LogP contribution in [0, 0.1) is 0 Å². The van der Waals surface area contributed by atoms with E-state index in [9.17, 15) is 4.79 Å². The van der Waals surface area contributed by atoms with Gasteiger partial charge >= 0.3 is 0 Å². The number of hydrogen-bond acceptors (Lipinski definition) is 8. The molecule has 0 aliphatic carbocycles. The first kappa shape index (κ1) is 18.4. The largest absolute Gasteiger partial charge is 0.493 e. The van der Waals surface area contributed by atoms with E-state index in [2.05, 4.69) is 20.8 Å². The summed E-state index contributed by atoms with van der Waals surface area (Å²) < 4.78 is 21.0. The lowest BCUT2D eigenvalue weighted by Gasteiger charge is -2.11. The summed E-state index contributed by atoms with van der Waals surface area (Å²) in [5, 5.41) is 13.9. The van der Waals surface area contributed by atoms with E-state index in [0.717, 1.165) is 5.69 Å². The zero-order valence-corrected chi connectivity index (χ0v) is 15.8. The van der Waals surface area contributed by atoms with Crippen LogP contribution in [0.3, 0.4) is 0 Å². The van der Waals surface area contributed by atoms with Crippen LogP contribution in [-0.2, 0) is 0 Å². The van der Waals surface area contributed by atoms with E-state index in [0.29, 0.717) is 40.2 Å². The van der Waals surface area contributed by atoms with Gasteiger partial charge in [0, 0.05) is 17.3 Å². The number of carbonyl (C=O) groups is 1. The Morgan fingerprint density at radius 2 is 1.66 bits per heavy atom. The molecule has 9 heteroatoms. The molecule has 0 saturated carbocycles. The molecule has 3 aromatic rings. The first-order valence-corrected chi connectivity index (χ1v) is 8.70. The lowest BCUT2D eigenvalue weighted by Crippen LogP contribution is -2.13. The fourth-order valence-electron chi connectivity index (χ4n) is 2.75. The van der Waals surface area contributed by atoms with Crippen molar-refractivity contribution < 1.29 is 23.7 Å². The highest BCUT2D eigenvalue weighted by atomic mass is 16.7. The molecule has 0 fully saturated rings. The Hall–Kier alpha value is -4.01. The predicted molar refractivity (Wildman–Crippen MR) is 105 cm³/mol. The zero-order chi connectivity index (χ0) is 20.2. The molecule has 2 heterocycles. The predicted octanol–water partition coefficient (Wildman–Crippen LogP) is 3.22. The molecular formula is C20H18N4O5. The molecule has 2 N–H and O–H groups in total. The number of benzene rings is 2. The van der Waals surface area contributed by atoms with Gasteiger partial charge < -0.3 is 29.6 Å². The van der Waals surface area contributed by atoms with Crippen LogP contribution in [0.4, 0.5) is 17.3 Å². The Balaban J connectivity index is 1.42. The molecule has 1 amide bonds. The number of anilines is 3. The fraction of sp³-hybridized carbons (Fsp3) is 0.150. The molecule has 148 valence electrons. The number of carbonyl (C=O) groups excluding carboxylic acids is 1. The molecule has 2 aromatic carbocycles. The van der Waals surface area contributed by atoms with Crippen LogP contribution in [0.25, 0.3) is 0 Å². The highest BCUT2D eigenvalue weighted by Crippen LogP contribution is 2.33. The number of amides is 1. The Morgan fingerprint density at radius 1 is 0.897 bits per heavy atom. The van der Waals surface area contributed by atoms with Crippen LogP contribution in [-0.4, -0.2) is 37.1 Å². The van der Waals surface area contributed by atoms with E-state index in [1.165, 1.54) is 0 Å². The minimum Gasteiger partial charge on any atom is -0.493 e. The molecule has 0 unspecified atom stereocenters. The second kappa shape index (κ2) is 7.93. The smallest absolute Gasteiger partial charge is 0.257 e. The summed E-state index contributed by atoms with van der Waals surface area (Å²) in [6.45, 7) is 0.153. The van der Waals surface area contributed by atoms with Crippen molar-refractivity contribution in [1.82, 2.24) is 10.2 Å². The maximum absolute atomic E-state index is 12.4. The second-order valence-electron chi connectivity index (χ2n) is 6.02. The van der Waals surface area contributed by atoms with Gasteiger partial charge in [-0.2, -0.15) is 0 Å². The molecule has 4 rings (SSSR count). The summed E-state index contributed by atoms with van der Waals surface area (Å²) in [6, 6.07) is 13.7. The normalized spacial score (nSPS) is 11.7. The molecular weight excluding hydrogens is 376 g/mol. The van der Waals surface area contributed by atoms with Crippen LogP contribution in [0.5, 0.6) is 23.0 Å². The number of aromatic nitrogens is 2. The van der Waals surface area contributed by atoms with Gasteiger partial charge in [0.05, 0.1) is 14.2 Å². The van der Waals surface area contributed by atoms with Crippen molar-refractivity contribution >= 4 is 23.2 Å². The number of ether oxygens (including phenoxy) is 4. The van der Waals surface area contributed by atoms with Crippen molar-refractivity contribution in [2.75, 3.05) is 31.6 Å². The lowest BCUT2D eigenvalue weighted by molar-refractivity contribution is 0.102. The third-order valence-electron chi connectivity index (χ3n) is 4.20. The number of fused-ring (bicyclic) bond motifs is 1. The van der Waals surface area contributed by atoms with E-state index in [-0.39, 0.29) is 12.7 Å². The van der Waals surface area contributed by atoms with E-state index >= 15 is 0 Å². The standard InChI is InChI=1S/C20H18N4O5/c1-26-14-6-4-13(10-16(14)27-2)21-18-7-8-19(24-23-18)22-20(25)12-3-5-15-17(9-12)29-11-28-15/h3-10H,11H2,1-2H3,(H,21,23)(H,22,24,25). The van der Waals surface area contributed by atoms with Crippen molar-refractivity contribution in [1.29, 1.82) is 0 Å². The molecule has 0 saturated heterocycles. The number of hydrogen-bond donors (Lipinski definition) is 2. The van der Waals surface area contributed by atoms with Crippen molar-refractivity contribution in [2.24, 2.45) is 0 Å². The average Bonchev–Trinajstić information content (AvgIpc) is 3.23. The molecule has 29 heavy (non-hydrogen) atoms. The summed E-state index contributed by atoms with van der Waals surface area (Å²) in [4.78, 5) is 12.4. The van der Waals surface area contributed by atoms with Crippen molar-refractivity contribution in [3.05, 3.63) is 54.1 Å². The first-order chi connectivity index (χ1) is 14.2. The Bertz CT molecular complexity index is 1040. The maximum atomic E-state index is 12.4. The van der Waals surface area contributed by atoms with Crippen LogP contribution in [0.2, 0.25) is 0 Å². The zero-order valence-electron chi connectivity index (χ0n) is 15.8. The molecule has 1 aliphatic rings. The summed E-state index contributed by atoms with van der Waals surface area (Å²) in [5.41, 5.74) is 1.19. The molecule has 1 aliphatic heterocycles. The van der Waals surface area contributed by atoms with Crippen LogP contribution < -0.4 is 29.6 Å². The van der Waals surface area contributed by atoms with E-state index in [1.807, 2.05) is 6.07 Å². The van der Waals surface area contributed by atoms with E-state index < -0.39 is 0 Å². The summed E-state index contributed by atoms with van der Waals surface area (Å²) in [5.74, 6) is 2.90. The molecule has 0 atom stereocenters. The van der Waals surface area contributed by atoms with Crippen LogP contribution in [0.15, 0.2) is 48.5 Å². The third-order valence-corrected chi connectivity index (χ3v) is 4.20. The van der Waals surface area contributed by atoms with Gasteiger partial charge in [0.2, 0.25) is 6.79 Å². The SMILES string of the molecule is COc1ccc(Nc2ccc(NC(=O)c3ccc4c(c3)OCO4)nn2)cc1OC. The quantitative estimate of drug-likeness (QED) is 0.657. The van der Waals surface area contributed by atoms with Crippen molar-refractivity contribution in [3.63, 3.8) is 0 Å². The van der Waals surface area contributed by atoms with Gasteiger partial charge in [-0.3, -0.25) is 4.79 Å². The molecule has 0 radical (unpaired) electrons. The van der Waals surface area contributed by atoms with Crippen LogP contribution >= 0.6 is 0 Å². The molecule has 0 spiro atoms. The number of rotatable bonds is 6. The lowest BCUT2D eigenvalue weighted by atomic mass is 10.2. The van der Waals surface area contributed by atoms with Gasteiger partial charge in [0.1, 0.15) is 0 Å². The Kier molecular flexibility index (Phi) is 5.02. The fourth-order valence-corrected chi connectivity index (χ4v) is 2.75. The van der Waals surface area contributed by atoms with Gasteiger partial charge in [0.25, 0.3) is 5.91 Å². The minimum atomic E-state index is -0.321. The first-order valence-electron chi connectivity index (χ1n) is 8.70.